The second-order valence-corrected chi connectivity index (χ2v) is 7.90. The molecule has 9 nitrogen and oxygen atoms in total. The van der Waals surface area contributed by atoms with E-state index in [4.69, 9.17) is 15.0 Å². The fourth-order valence-corrected chi connectivity index (χ4v) is 4.46. The van der Waals surface area contributed by atoms with Crippen molar-refractivity contribution in [2.75, 3.05) is 24.8 Å². The van der Waals surface area contributed by atoms with E-state index in [0.29, 0.717) is 36.4 Å². The van der Waals surface area contributed by atoms with Gasteiger partial charge in [-0.15, -0.1) is 0 Å². The molecule has 0 saturated carbocycles. The van der Waals surface area contributed by atoms with Gasteiger partial charge in [-0.25, -0.2) is 24.7 Å². The lowest BCUT2D eigenvalue weighted by atomic mass is 9.82. The van der Waals surface area contributed by atoms with Crippen LogP contribution in [0.1, 0.15) is 43.4 Å². The maximum Gasteiger partial charge on any atom is 0.158 e. The van der Waals surface area contributed by atoms with Crippen LogP contribution >= 0.6 is 0 Å². The summed E-state index contributed by atoms with van der Waals surface area (Å²) in [5.41, 5.74) is 2.17. The minimum atomic E-state index is 0.274. The number of rotatable bonds is 7. The Kier molecular flexibility index (Phi) is 6.38. The minimum Gasteiger partial charge on any atom is -0.382 e. The summed E-state index contributed by atoms with van der Waals surface area (Å²) in [7, 11) is 3.76. The van der Waals surface area contributed by atoms with Crippen molar-refractivity contribution in [3.05, 3.63) is 35.9 Å². The van der Waals surface area contributed by atoms with E-state index >= 15 is 0 Å². The molecule has 158 valence electrons. The van der Waals surface area contributed by atoms with Gasteiger partial charge in [0.25, 0.3) is 0 Å². The zero-order valence-electron chi connectivity index (χ0n) is 17.3. The molecule has 4 heterocycles. The molecule has 2 fully saturated rings. The van der Waals surface area contributed by atoms with Crippen molar-refractivity contribution in [3.63, 3.8) is 0 Å². The average Bonchev–Trinajstić information content (AvgIpc) is 2.74. The number of nitriles is 1. The van der Waals surface area contributed by atoms with Gasteiger partial charge in [-0.05, 0) is 32.7 Å². The molecule has 2 unspecified atom stereocenters. The predicted molar refractivity (Wildman–Crippen MR) is 112 cm³/mol. The molecule has 9 heteroatoms. The third-order valence-electron chi connectivity index (χ3n) is 6.04. The number of nitrogens with one attached hydrogen (secondary N) is 2. The van der Waals surface area contributed by atoms with Gasteiger partial charge in [-0.3, -0.25) is 0 Å². The quantitative estimate of drug-likeness (QED) is 0.527. The first-order valence-electron chi connectivity index (χ1n) is 10.3. The highest BCUT2D eigenvalue weighted by Crippen LogP contribution is 2.34. The molecule has 4 rings (SSSR count). The topological polar surface area (TPSA) is 108 Å². The smallest absolute Gasteiger partial charge is 0.158 e. The first kappa shape index (κ1) is 20.5. The Hall–Kier alpha value is -2.80. The second-order valence-electron chi connectivity index (χ2n) is 7.90. The van der Waals surface area contributed by atoms with Gasteiger partial charge in [0.15, 0.2) is 5.69 Å². The first-order chi connectivity index (χ1) is 14.7. The van der Waals surface area contributed by atoms with E-state index in [0.717, 1.165) is 24.1 Å². The summed E-state index contributed by atoms with van der Waals surface area (Å²) in [5, 5.41) is 15.7. The number of hydrogen-bond donors (Lipinski definition) is 2. The molecule has 2 saturated heterocycles. The maximum atomic E-state index is 8.87. The Morgan fingerprint density at radius 3 is 2.57 bits per heavy atom. The molecule has 2 aromatic rings. The van der Waals surface area contributed by atoms with Gasteiger partial charge in [0.1, 0.15) is 24.3 Å². The number of pyridine rings is 1. The average molecular weight is 409 g/mol. The SMILES string of the molecule is COOCc1cnc(Nc2cnc(C#N)cn2)cc1NC1CC2CCCC(C1)N2C. The van der Waals surface area contributed by atoms with Crippen LogP contribution in [-0.4, -0.2) is 52.1 Å². The summed E-state index contributed by atoms with van der Waals surface area (Å²) in [6.45, 7) is 0.308. The van der Waals surface area contributed by atoms with Crippen molar-refractivity contribution < 1.29 is 9.78 Å². The first-order valence-corrected chi connectivity index (χ1v) is 10.3. The highest BCUT2D eigenvalue weighted by Gasteiger charge is 2.36. The van der Waals surface area contributed by atoms with E-state index in [1.54, 1.807) is 6.20 Å². The number of fused-ring (bicyclic) bond motifs is 2. The molecule has 0 aromatic carbocycles. The van der Waals surface area contributed by atoms with Crippen molar-refractivity contribution in [3.8, 4) is 6.07 Å². The zero-order valence-corrected chi connectivity index (χ0v) is 17.3. The van der Waals surface area contributed by atoms with Gasteiger partial charge in [0.05, 0.1) is 19.5 Å². The summed E-state index contributed by atoms with van der Waals surface area (Å²) in [4.78, 5) is 25.2. The Bertz CT molecular complexity index is 885. The van der Waals surface area contributed by atoms with Gasteiger partial charge >= 0.3 is 0 Å². The van der Waals surface area contributed by atoms with Crippen molar-refractivity contribution in [1.29, 1.82) is 5.26 Å². The lowest BCUT2D eigenvalue weighted by Crippen LogP contribution is -2.52. The fraction of sp³-hybridized carbons (Fsp3) is 0.524. The molecule has 30 heavy (non-hydrogen) atoms. The summed E-state index contributed by atoms with van der Waals surface area (Å²) >= 11 is 0. The van der Waals surface area contributed by atoms with Crippen LogP contribution in [0.5, 0.6) is 0 Å². The van der Waals surface area contributed by atoms with Crippen LogP contribution in [-0.2, 0) is 16.4 Å². The Labute approximate surface area is 176 Å². The van der Waals surface area contributed by atoms with E-state index < -0.39 is 0 Å². The van der Waals surface area contributed by atoms with Crippen molar-refractivity contribution in [2.24, 2.45) is 0 Å². The molecule has 2 bridgehead atoms. The van der Waals surface area contributed by atoms with Crippen LogP contribution in [0.3, 0.4) is 0 Å². The van der Waals surface area contributed by atoms with Gasteiger partial charge < -0.3 is 15.5 Å². The van der Waals surface area contributed by atoms with Gasteiger partial charge in [0, 0.05) is 41.6 Å². The minimum absolute atomic E-state index is 0.274. The van der Waals surface area contributed by atoms with E-state index in [9.17, 15) is 0 Å². The van der Waals surface area contributed by atoms with Crippen LogP contribution < -0.4 is 10.6 Å². The third-order valence-corrected chi connectivity index (χ3v) is 6.04. The van der Waals surface area contributed by atoms with Gasteiger partial charge in [-0.2, -0.15) is 5.26 Å². The largest absolute Gasteiger partial charge is 0.382 e. The highest BCUT2D eigenvalue weighted by molar-refractivity contribution is 5.61. The summed E-state index contributed by atoms with van der Waals surface area (Å²) in [6, 6.07) is 5.61. The number of hydrogen-bond acceptors (Lipinski definition) is 9. The molecular weight excluding hydrogens is 382 g/mol. The van der Waals surface area contributed by atoms with Crippen LogP contribution in [0.4, 0.5) is 17.3 Å². The summed E-state index contributed by atoms with van der Waals surface area (Å²) in [6.07, 6.45) is 10.8. The van der Waals surface area contributed by atoms with Gasteiger partial charge in [-0.1, -0.05) is 6.42 Å². The molecule has 0 amide bonds. The fourth-order valence-electron chi connectivity index (χ4n) is 4.46. The Morgan fingerprint density at radius 1 is 1.13 bits per heavy atom. The second kappa shape index (κ2) is 9.34. The Balaban J connectivity index is 1.51. The van der Waals surface area contributed by atoms with Crippen LogP contribution in [0.2, 0.25) is 0 Å². The summed E-state index contributed by atoms with van der Waals surface area (Å²) in [5.74, 6) is 1.17. The number of aromatic nitrogens is 3. The normalized spacial score (nSPS) is 23.6. The van der Waals surface area contributed by atoms with Crippen molar-refractivity contribution in [2.45, 2.75) is 56.8 Å². The predicted octanol–water partition coefficient (Wildman–Crippen LogP) is 2.99. The number of nitrogens with zero attached hydrogens (tertiary/aromatic N) is 5. The van der Waals surface area contributed by atoms with Crippen LogP contribution in [0.25, 0.3) is 0 Å². The lowest BCUT2D eigenvalue weighted by Gasteiger charge is -2.47. The number of piperidine rings is 2. The molecule has 0 spiro atoms. The molecule has 2 aliphatic rings. The highest BCUT2D eigenvalue weighted by atomic mass is 17.2. The molecule has 0 radical (unpaired) electrons. The maximum absolute atomic E-state index is 8.87. The van der Waals surface area contributed by atoms with Crippen LogP contribution in [0.15, 0.2) is 24.7 Å². The molecule has 2 N–H and O–H groups in total. The van der Waals surface area contributed by atoms with E-state index in [2.05, 4.69) is 37.5 Å². The van der Waals surface area contributed by atoms with E-state index in [1.165, 1.54) is 38.8 Å². The van der Waals surface area contributed by atoms with Crippen molar-refractivity contribution >= 4 is 17.3 Å². The molecule has 2 aromatic heterocycles. The molecule has 2 atom stereocenters. The third kappa shape index (κ3) is 4.67. The summed E-state index contributed by atoms with van der Waals surface area (Å²) < 4.78 is 0. The molecular formula is C21H27N7O2. The molecule has 0 aliphatic carbocycles. The van der Waals surface area contributed by atoms with Gasteiger partial charge in [0.2, 0.25) is 0 Å². The van der Waals surface area contributed by atoms with Crippen molar-refractivity contribution in [1.82, 2.24) is 19.9 Å². The molecule has 2 aliphatic heterocycles. The number of anilines is 3. The standard InChI is InChI=1S/C21H27N7O2/c1-28-17-4-3-5-18(28)7-15(6-17)26-19-8-20(24-10-14(19)13-30-29-2)27-21-12-23-16(9-22)11-25-21/h8,10-12,15,17-18H,3-7,13H2,1-2H3,(H2,24,25,26,27). The lowest BCUT2D eigenvalue weighted by molar-refractivity contribution is -0.282. The van der Waals surface area contributed by atoms with E-state index in [-0.39, 0.29) is 5.69 Å². The van der Waals surface area contributed by atoms with E-state index in [1.807, 2.05) is 12.1 Å². The Morgan fingerprint density at radius 2 is 1.90 bits per heavy atom. The monoisotopic (exact) mass is 409 g/mol. The zero-order chi connectivity index (χ0) is 20.9. The van der Waals surface area contributed by atoms with Crippen LogP contribution in [0, 0.1) is 11.3 Å².